The van der Waals surface area contributed by atoms with Gasteiger partial charge in [0.15, 0.2) is 0 Å². The number of likely N-dealkylation sites (N-methyl/N-ethyl adjacent to an activating group) is 2. The number of aromatic nitrogens is 4. The Morgan fingerprint density at radius 1 is 0.698 bits per heavy atom. The second-order valence-corrected chi connectivity index (χ2v) is 12.6. The summed E-state index contributed by atoms with van der Waals surface area (Å²) in [5.41, 5.74) is 9.15. The van der Waals surface area contributed by atoms with Crippen LogP contribution in [0.3, 0.4) is 0 Å². The highest BCUT2D eigenvalue weighted by Crippen LogP contribution is 2.29. The minimum Gasteiger partial charge on any atom is -0.393 e. The molecule has 0 amide bonds. The molecule has 0 unspecified atom stereocenters. The minimum absolute atomic E-state index is 0.00887. The second-order valence-electron chi connectivity index (χ2n) is 12.2. The molecular weight excluding hydrogens is 702 g/mol. The normalized spacial score (nSPS) is 14.7. The van der Waals surface area contributed by atoms with Crippen LogP contribution in [-0.2, 0) is 6.42 Å². The van der Waals surface area contributed by atoms with Crippen LogP contribution in [0.4, 0.5) is 40.1 Å². The molecule has 0 spiro atoms. The number of halogens is 1. The summed E-state index contributed by atoms with van der Waals surface area (Å²) in [5.74, 6) is 1.43. The standard InChI is InChI=1S/C18H24N6O2.C12H18N4O2.C5H6ClN3/c1-3-22-6-8-23(9-7-22)16-5-4-14(17(12-16)24(25)26)10-15-11-18(19-2)21-13-20-15;1-2-14-5-7-15(8-6-14)10-3-4-11(13)12(9-10)16(17)18;1-7-5-2-4(6)8-3-9-5/h4-5,11-13H,3,6-10H2,1-2H3,(H,19,20,21);3-4,9H,2,5-8,13H2,1H3;2-3H,1H3,(H,7,8,9). The minimum atomic E-state index is -0.429. The molecule has 0 aliphatic carbocycles. The molecule has 53 heavy (non-hydrogen) atoms. The summed E-state index contributed by atoms with van der Waals surface area (Å²) in [4.78, 5) is 46.7. The zero-order valence-corrected chi connectivity index (χ0v) is 31.4. The van der Waals surface area contributed by atoms with E-state index in [1.807, 2.05) is 24.3 Å². The summed E-state index contributed by atoms with van der Waals surface area (Å²) < 4.78 is 0. The number of hydrogen-bond donors (Lipinski definition) is 3. The molecule has 6 rings (SSSR count). The summed E-state index contributed by atoms with van der Waals surface area (Å²) in [7, 11) is 3.56. The van der Waals surface area contributed by atoms with Crippen molar-refractivity contribution in [1.82, 2.24) is 29.7 Å². The SMILES string of the molecule is CCN1CCN(c2ccc(Cc3cc(NC)ncn3)c([N+](=O)[O-])c2)CC1.CCN1CCN(c2ccc(N)c([N+](=O)[O-])c2)CC1.CNc1cc(Cl)ncn1. The van der Waals surface area contributed by atoms with E-state index in [9.17, 15) is 20.2 Å². The Balaban J connectivity index is 0.000000200. The molecule has 18 heteroatoms. The molecule has 0 atom stereocenters. The maximum Gasteiger partial charge on any atom is 0.294 e. The topological polar surface area (TPSA) is 201 Å². The van der Waals surface area contributed by atoms with Crippen molar-refractivity contribution in [3.8, 4) is 0 Å². The van der Waals surface area contributed by atoms with E-state index in [0.29, 0.717) is 23.0 Å². The summed E-state index contributed by atoms with van der Waals surface area (Å²) in [5, 5.41) is 28.7. The van der Waals surface area contributed by atoms with Gasteiger partial charge in [-0.05, 0) is 37.4 Å². The second kappa shape index (κ2) is 20.0. The fourth-order valence-corrected chi connectivity index (χ4v) is 6.04. The number of anilines is 5. The predicted molar refractivity (Wildman–Crippen MR) is 210 cm³/mol. The molecule has 4 heterocycles. The van der Waals surface area contributed by atoms with Gasteiger partial charge in [0.1, 0.15) is 35.1 Å². The summed E-state index contributed by atoms with van der Waals surface area (Å²) >= 11 is 5.53. The third-order valence-electron chi connectivity index (χ3n) is 9.09. The first-order chi connectivity index (χ1) is 25.5. The lowest BCUT2D eigenvalue weighted by atomic mass is 10.1. The lowest BCUT2D eigenvalue weighted by molar-refractivity contribution is -0.385. The van der Waals surface area contributed by atoms with E-state index in [1.165, 1.54) is 12.7 Å². The zero-order valence-electron chi connectivity index (χ0n) is 30.6. The van der Waals surface area contributed by atoms with Crippen molar-refractivity contribution in [3.63, 3.8) is 0 Å². The Kier molecular flexibility index (Phi) is 15.2. The maximum atomic E-state index is 11.6. The quantitative estimate of drug-likeness (QED) is 0.0875. The van der Waals surface area contributed by atoms with Crippen molar-refractivity contribution in [2.75, 3.05) is 106 Å². The van der Waals surface area contributed by atoms with Gasteiger partial charge in [0.25, 0.3) is 11.4 Å². The highest BCUT2D eigenvalue weighted by molar-refractivity contribution is 6.29. The molecule has 4 N–H and O–H groups in total. The Labute approximate surface area is 314 Å². The van der Waals surface area contributed by atoms with Crippen LogP contribution in [0, 0.1) is 20.2 Å². The van der Waals surface area contributed by atoms with Crippen LogP contribution in [0.15, 0.2) is 61.2 Å². The lowest BCUT2D eigenvalue weighted by Gasteiger charge is -2.35. The molecular formula is C35H48ClN13O4. The molecule has 4 aromatic rings. The number of nitrogen functional groups attached to an aromatic ring is 1. The van der Waals surface area contributed by atoms with Crippen LogP contribution >= 0.6 is 11.6 Å². The van der Waals surface area contributed by atoms with Gasteiger partial charge in [0, 0.05) is 114 Å². The first kappa shape index (κ1) is 40.4. The molecule has 0 radical (unpaired) electrons. The van der Waals surface area contributed by atoms with E-state index in [1.54, 1.807) is 38.4 Å². The van der Waals surface area contributed by atoms with E-state index in [0.717, 1.165) is 88.3 Å². The van der Waals surface area contributed by atoms with Gasteiger partial charge in [-0.2, -0.15) is 0 Å². The zero-order chi connectivity index (χ0) is 38.3. The number of rotatable bonds is 10. The van der Waals surface area contributed by atoms with Gasteiger partial charge in [-0.25, -0.2) is 19.9 Å². The van der Waals surface area contributed by atoms with E-state index in [2.05, 4.69) is 64.0 Å². The van der Waals surface area contributed by atoms with Crippen molar-refractivity contribution < 1.29 is 9.85 Å². The summed E-state index contributed by atoms with van der Waals surface area (Å²) in [6, 6.07) is 14.0. The average Bonchev–Trinajstić information content (AvgIpc) is 3.18. The fraction of sp³-hybridized carbons (Fsp3) is 0.429. The van der Waals surface area contributed by atoms with E-state index >= 15 is 0 Å². The van der Waals surface area contributed by atoms with Crippen LogP contribution in [0.5, 0.6) is 0 Å². The Bertz CT molecular complexity index is 1800. The maximum absolute atomic E-state index is 11.6. The average molecular weight is 750 g/mol. The lowest BCUT2D eigenvalue weighted by Crippen LogP contribution is -2.46. The van der Waals surface area contributed by atoms with Gasteiger partial charge in [-0.1, -0.05) is 25.4 Å². The van der Waals surface area contributed by atoms with Gasteiger partial charge in [-0.15, -0.1) is 0 Å². The highest BCUT2D eigenvalue weighted by Gasteiger charge is 2.22. The number of nitrogens with two attached hydrogens (primary N) is 1. The van der Waals surface area contributed by atoms with Gasteiger partial charge in [-0.3, -0.25) is 20.2 Å². The molecule has 2 saturated heterocycles. The largest absolute Gasteiger partial charge is 0.393 e. The monoisotopic (exact) mass is 749 g/mol. The summed E-state index contributed by atoms with van der Waals surface area (Å²) in [6.07, 6.45) is 3.28. The van der Waals surface area contributed by atoms with E-state index in [-0.39, 0.29) is 22.0 Å². The molecule has 0 saturated carbocycles. The smallest absolute Gasteiger partial charge is 0.294 e. The predicted octanol–water partition coefficient (Wildman–Crippen LogP) is 4.65. The van der Waals surface area contributed by atoms with Crippen molar-refractivity contribution in [1.29, 1.82) is 0 Å². The molecule has 2 aliphatic heterocycles. The number of nitrogens with one attached hydrogen (secondary N) is 2. The third-order valence-corrected chi connectivity index (χ3v) is 9.29. The Hall–Kier alpha value is -5.39. The van der Waals surface area contributed by atoms with Crippen molar-refractivity contribution in [2.45, 2.75) is 20.3 Å². The number of nitro groups is 2. The highest BCUT2D eigenvalue weighted by atomic mass is 35.5. The van der Waals surface area contributed by atoms with E-state index in [4.69, 9.17) is 17.3 Å². The number of nitro benzene ring substituents is 2. The Morgan fingerprint density at radius 3 is 1.66 bits per heavy atom. The van der Waals surface area contributed by atoms with Crippen LogP contribution in [0.25, 0.3) is 0 Å². The fourth-order valence-electron chi connectivity index (χ4n) is 5.90. The van der Waals surface area contributed by atoms with Crippen LogP contribution in [0.1, 0.15) is 25.1 Å². The van der Waals surface area contributed by atoms with Crippen molar-refractivity contribution >= 4 is 51.7 Å². The van der Waals surface area contributed by atoms with Gasteiger partial charge in [0.05, 0.1) is 15.5 Å². The van der Waals surface area contributed by atoms with Gasteiger partial charge < -0.3 is 36.0 Å². The molecule has 2 fully saturated rings. The first-order valence-corrected chi connectivity index (χ1v) is 17.8. The first-order valence-electron chi connectivity index (χ1n) is 17.4. The van der Waals surface area contributed by atoms with E-state index < -0.39 is 4.92 Å². The number of piperazine rings is 2. The number of nitrogens with zero attached hydrogens (tertiary/aromatic N) is 10. The van der Waals surface area contributed by atoms with Crippen LogP contribution in [0.2, 0.25) is 5.15 Å². The van der Waals surface area contributed by atoms with Crippen molar-refractivity contribution in [3.05, 3.63) is 97.8 Å². The van der Waals surface area contributed by atoms with Gasteiger partial charge in [0.2, 0.25) is 0 Å². The number of benzene rings is 2. The molecule has 284 valence electrons. The molecule has 2 aromatic carbocycles. The van der Waals surface area contributed by atoms with Crippen LogP contribution < -0.4 is 26.2 Å². The number of hydrogen-bond acceptors (Lipinski definition) is 15. The molecule has 0 bridgehead atoms. The van der Waals surface area contributed by atoms with Crippen molar-refractivity contribution in [2.24, 2.45) is 0 Å². The van der Waals surface area contributed by atoms with Crippen LogP contribution in [-0.4, -0.2) is 119 Å². The third kappa shape index (κ3) is 11.8. The molecule has 2 aromatic heterocycles. The van der Waals surface area contributed by atoms with Gasteiger partial charge >= 0.3 is 0 Å². The molecule has 17 nitrogen and oxygen atoms in total. The Morgan fingerprint density at radius 2 is 1.19 bits per heavy atom. The summed E-state index contributed by atoms with van der Waals surface area (Å²) in [6.45, 7) is 13.9. The molecule has 2 aliphatic rings.